The van der Waals surface area contributed by atoms with Crippen LogP contribution in [0.5, 0.6) is 11.5 Å². The molecule has 0 fully saturated rings. The van der Waals surface area contributed by atoms with Gasteiger partial charge in [-0.05, 0) is 30.7 Å². The molecule has 2 aromatic rings. The first kappa shape index (κ1) is 17.8. The monoisotopic (exact) mass is 354 g/mol. The second-order valence-electron chi connectivity index (χ2n) is 5.91. The highest BCUT2D eigenvalue weighted by Gasteiger charge is 2.14. The maximum atomic E-state index is 12.3. The van der Waals surface area contributed by atoms with Crippen LogP contribution in [-0.4, -0.2) is 38.1 Å². The minimum atomic E-state index is -0.180. The van der Waals surface area contributed by atoms with Gasteiger partial charge in [0.05, 0.1) is 24.3 Å². The van der Waals surface area contributed by atoms with E-state index in [0.717, 1.165) is 0 Å². The van der Waals surface area contributed by atoms with E-state index < -0.39 is 0 Å². The minimum absolute atomic E-state index is 0.180. The van der Waals surface area contributed by atoms with Crippen LogP contribution in [0, 0.1) is 0 Å². The Morgan fingerprint density at radius 1 is 0.654 bits per heavy atom. The van der Waals surface area contributed by atoms with E-state index in [0.29, 0.717) is 61.8 Å². The molecule has 2 N–H and O–H groups in total. The van der Waals surface area contributed by atoms with E-state index in [2.05, 4.69) is 10.6 Å². The van der Waals surface area contributed by atoms with Crippen molar-refractivity contribution >= 4 is 11.8 Å². The van der Waals surface area contributed by atoms with Gasteiger partial charge in [-0.3, -0.25) is 9.59 Å². The molecule has 6 heteroatoms. The van der Waals surface area contributed by atoms with E-state index >= 15 is 0 Å². The molecular formula is C20H22N2O4. The molecule has 0 saturated carbocycles. The van der Waals surface area contributed by atoms with Crippen LogP contribution in [0.1, 0.15) is 33.6 Å². The van der Waals surface area contributed by atoms with Gasteiger partial charge in [0.15, 0.2) is 0 Å². The lowest BCUT2D eigenvalue weighted by atomic mass is 10.1. The number of amides is 2. The summed E-state index contributed by atoms with van der Waals surface area (Å²) in [5.41, 5.74) is 1.02. The number of benzene rings is 2. The number of fused-ring (bicyclic) bond motifs is 2. The van der Waals surface area contributed by atoms with E-state index in [9.17, 15) is 9.59 Å². The van der Waals surface area contributed by atoms with Crippen molar-refractivity contribution in [2.24, 2.45) is 0 Å². The quantitative estimate of drug-likeness (QED) is 0.762. The molecule has 1 aliphatic rings. The first-order chi connectivity index (χ1) is 12.8. The molecule has 0 radical (unpaired) electrons. The van der Waals surface area contributed by atoms with Gasteiger partial charge in [0.1, 0.15) is 11.5 Å². The van der Waals surface area contributed by atoms with Crippen molar-refractivity contribution < 1.29 is 19.1 Å². The Bertz CT molecular complexity index is 712. The first-order valence-electron chi connectivity index (χ1n) is 8.76. The Hall–Kier alpha value is -3.02. The Kier molecular flexibility index (Phi) is 6.09. The molecule has 1 heterocycles. The molecular weight excluding hydrogens is 332 g/mol. The number of rotatable bonds is 0. The largest absolute Gasteiger partial charge is 0.493 e. The highest BCUT2D eigenvalue weighted by molar-refractivity contribution is 5.97. The topological polar surface area (TPSA) is 76.7 Å². The zero-order valence-electron chi connectivity index (χ0n) is 14.5. The zero-order valence-corrected chi connectivity index (χ0v) is 14.5. The standard InChI is InChI=1S/C20H22N2O4/c23-19-15-7-1-3-9-17(15)25-13-6-14-26-18-10-4-2-8-16(18)20(24)22-12-5-11-21-19/h1-4,7-10H,5-6,11-14H2,(H,21,23)(H,22,24). The van der Waals surface area contributed by atoms with Crippen molar-refractivity contribution in [1.82, 2.24) is 10.6 Å². The number of para-hydroxylation sites is 2. The minimum Gasteiger partial charge on any atom is -0.493 e. The van der Waals surface area contributed by atoms with Crippen molar-refractivity contribution in [2.75, 3.05) is 26.3 Å². The fraction of sp³-hybridized carbons (Fsp3) is 0.300. The molecule has 3 rings (SSSR count). The Balaban J connectivity index is 1.73. The molecule has 0 bridgehead atoms. The van der Waals surface area contributed by atoms with Gasteiger partial charge in [0, 0.05) is 19.5 Å². The van der Waals surface area contributed by atoms with Gasteiger partial charge in [0.2, 0.25) is 0 Å². The fourth-order valence-electron chi connectivity index (χ4n) is 2.67. The number of nitrogens with one attached hydrogen (secondary N) is 2. The lowest BCUT2D eigenvalue weighted by Gasteiger charge is -2.14. The van der Waals surface area contributed by atoms with E-state index in [4.69, 9.17) is 9.47 Å². The van der Waals surface area contributed by atoms with E-state index in [1.54, 1.807) is 36.4 Å². The molecule has 0 saturated heterocycles. The summed E-state index contributed by atoms with van der Waals surface area (Å²) >= 11 is 0. The Morgan fingerprint density at radius 3 is 1.62 bits per heavy atom. The first-order valence-corrected chi connectivity index (χ1v) is 8.76. The van der Waals surface area contributed by atoms with Crippen molar-refractivity contribution in [1.29, 1.82) is 0 Å². The third-order valence-corrected chi connectivity index (χ3v) is 3.99. The summed E-state index contributed by atoms with van der Waals surface area (Å²) in [5.74, 6) is 0.762. The van der Waals surface area contributed by atoms with Crippen LogP contribution in [0.2, 0.25) is 0 Å². The second-order valence-corrected chi connectivity index (χ2v) is 5.91. The SMILES string of the molecule is O=C1NCCCNC(=O)c2ccccc2OCCCOc2ccccc21. The van der Waals surface area contributed by atoms with Crippen LogP contribution < -0.4 is 20.1 Å². The van der Waals surface area contributed by atoms with Crippen molar-refractivity contribution in [2.45, 2.75) is 12.8 Å². The highest BCUT2D eigenvalue weighted by atomic mass is 16.5. The number of hydrogen-bond acceptors (Lipinski definition) is 4. The van der Waals surface area contributed by atoms with Gasteiger partial charge in [-0.15, -0.1) is 0 Å². The summed E-state index contributed by atoms with van der Waals surface area (Å²) in [4.78, 5) is 24.6. The number of hydrogen-bond donors (Lipinski definition) is 2. The summed E-state index contributed by atoms with van der Waals surface area (Å²) in [6, 6.07) is 14.3. The fourth-order valence-corrected chi connectivity index (χ4v) is 2.67. The summed E-state index contributed by atoms with van der Waals surface area (Å²) in [5, 5.41) is 5.72. The Morgan fingerprint density at radius 2 is 1.12 bits per heavy atom. The maximum absolute atomic E-state index is 12.3. The van der Waals surface area contributed by atoms with E-state index in [1.165, 1.54) is 0 Å². The molecule has 26 heavy (non-hydrogen) atoms. The number of carbonyl (C=O) groups is 2. The second kappa shape index (κ2) is 8.89. The van der Waals surface area contributed by atoms with Crippen LogP contribution in [0.3, 0.4) is 0 Å². The van der Waals surface area contributed by atoms with Crippen LogP contribution in [0.15, 0.2) is 48.5 Å². The zero-order chi connectivity index (χ0) is 18.2. The molecule has 0 aliphatic carbocycles. The average molecular weight is 354 g/mol. The summed E-state index contributed by atoms with van der Waals surface area (Å²) in [7, 11) is 0. The normalized spacial score (nSPS) is 16.2. The molecule has 0 aromatic heterocycles. The van der Waals surface area contributed by atoms with Gasteiger partial charge >= 0.3 is 0 Å². The third kappa shape index (κ3) is 4.53. The molecule has 6 nitrogen and oxygen atoms in total. The molecule has 136 valence electrons. The van der Waals surface area contributed by atoms with Gasteiger partial charge < -0.3 is 20.1 Å². The smallest absolute Gasteiger partial charge is 0.255 e. The van der Waals surface area contributed by atoms with Gasteiger partial charge in [-0.1, -0.05) is 24.3 Å². The molecule has 2 amide bonds. The summed E-state index contributed by atoms with van der Waals surface area (Å²) < 4.78 is 11.5. The number of ether oxygens (including phenoxy) is 2. The van der Waals surface area contributed by atoms with Crippen LogP contribution >= 0.6 is 0 Å². The highest BCUT2D eigenvalue weighted by Crippen LogP contribution is 2.20. The van der Waals surface area contributed by atoms with Crippen molar-refractivity contribution in [3.05, 3.63) is 59.7 Å². The summed E-state index contributed by atoms with van der Waals surface area (Å²) in [6.45, 7) is 1.76. The third-order valence-electron chi connectivity index (χ3n) is 3.99. The summed E-state index contributed by atoms with van der Waals surface area (Å²) in [6.07, 6.45) is 1.26. The molecule has 0 unspecified atom stereocenters. The van der Waals surface area contributed by atoms with Crippen LogP contribution in [0.25, 0.3) is 0 Å². The molecule has 0 atom stereocenters. The Labute approximate surface area is 152 Å². The predicted molar refractivity (Wildman–Crippen MR) is 97.8 cm³/mol. The van der Waals surface area contributed by atoms with Crippen LogP contribution in [-0.2, 0) is 0 Å². The van der Waals surface area contributed by atoms with Gasteiger partial charge in [-0.25, -0.2) is 0 Å². The molecule has 0 spiro atoms. The maximum Gasteiger partial charge on any atom is 0.255 e. The molecule has 1 aliphatic heterocycles. The number of carbonyl (C=O) groups excluding carboxylic acids is 2. The van der Waals surface area contributed by atoms with Gasteiger partial charge in [-0.2, -0.15) is 0 Å². The lowest BCUT2D eigenvalue weighted by Crippen LogP contribution is -2.30. The predicted octanol–water partition coefficient (Wildman–Crippen LogP) is 2.40. The van der Waals surface area contributed by atoms with Crippen LogP contribution in [0.4, 0.5) is 0 Å². The molecule has 2 aromatic carbocycles. The lowest BCUT2D eigenvalue weighted by molar-refractivity contribution is 0.0946. The van der Waals surface area contributed by atoms with E-state index in [-0.39, 0.29) is 11.8 Å². The average Bonchev–Trinajstić information content (AvgIpc) is 2.67. The van der Waals surface area contributed by atoms with Crippen molar-refractivity contribution in [3.63, 3.8) is 0 Å². The van der Waals surface area contributed by atoms with Crippen molar-refractivity contribution in [3.8, 4) is 11.5 Å². The van der Waals surface area contributed by atoms with E-state index in [1.807, 2.05) is 12.1 Å². The van der Waals surface area contributed by atoms with Gasteiger partial charge in [0.25, 0.3) is 11.8 Å².